The molecule has 1 unspecified atom stereocenters. The monoisotopic (exact) mass is 319 g/mol. The molecule has 2 aromatic rings. The van der Waals surface area contributed by atoms with E-state index in [1.807, 2.05) is 0 Å². The fourth-order valence-electron chi connectivity index (χ4n) is 1.72. The van der Waals surface area contributed by atoms with Crippen LogP contribution in [0.1, 0.15) is 17.3 Å². The summed E-state index contributed by atoms with van der Waals surface area (Å²) in [6.07, 6.45) is -5.19. The second-order valence-electron chi connectivity index (χ2n) is 4.16. The van der Waals surface area contributed by atoms with Crippen molar-refractivity contribution >= 4 is 11.6 Å². The molecule has 7 heteroatoms. The van der Waals surface area contributed by atoms with E-state index in [1.54, 1.807) is 18.2 Å². The standard InChI is InChI=1S/C14H10ClF4NO/c15-13-12(14(17,18)19)11(6-7-20-13)21-8-10(16)9-4-2-1-3-5-9/h1-7,10H,8H2. The molecule has 0 aliphatic rings. The lowest BCUT2D eigenvalue weighted by Crippen LogP contribution is -2.13. The zero-order valence-corrected chi connectivity index (χ0v) is 11.3. The van der Waals surface area contributed by atoms with Crippen molar-refractivity contribution in [1.29, 1.82) is 0 Å². The summed E-state index contributed by atoms with van der Waals surface area (Å²) in [6, 6.07) is 9.03. The fraction of sp³-hybridized carbons (Fsp3) is 0.214. The summed E-state index contributed by atoms with van der Waals surface area (Å²) < 4.78 is 57.4. The first-order chi connectivity index (χ1) is 9.89. The third-order valence-corrected chi connectivity index (χ3v) is 2.98. The lowest BCUT2D eigenvalue weighted by molar-refractivity contribution is -0.139. The van der Waals surface area contributed by atoms with Crippen LogP contribution in [0.3, 0.4) is 0 Å². The number of benzene rings is 1. The molecule has 1 atom stereocenters. The van der Waals surface area contributed by atoms with E-state index in [4.69, 9.17) is 16.3 Å². The zero-order chi connectivity index (χ0) is 15.5. The van der Waals surface area contributed by atoms with Crippen LogP contribution in [0.4, 0.5) is 17.6 Å². The number of hydrogen-bond donors (Lipinski definition) is 0. The molecule has 112 valence electrons. The normalized spacial score (nSPS) is 13.0. The number of hydrogen-bond acceptors (Lipinski definition) is 2. The predicted octanol–water partition coefficient (Wildman–Crippen LogP) is 4.84. The van der Waals surface area contributed by atoms with E-state index in [2.05, 4.69) is 4.98 Å². The molecule has 1 heterocycles. The number of pyridine rings is 1. The van der Waals surface area contributed by atoms with Crippen molar-refractivity contribution in [1.82, 2.24) is 4.98 Å². The van der Waals surface area contributed by atoms with Crippen LogP contribution in [0.15, 0.2) is 42.6 Å². The topological polar surface area (TPSA) is 22.1 Å². The Hall–Kier alpha value is -1.82. The third-order valence-electron chi connectivity index (χ3n) is 2.70. The highest BCUT2D eigenvalue weighted by atomic mass is 35.5. The minimum absolute atomic E-state index is 0.325. The number of nitrogens with zero attached hydrogens (tertiary/aromatic N) is 1. The first kappa shape index (κ1) is 15.6. The Balaban J connectivity index is 2.16. The molecule has 0 spiro atoms. The van der Waals surface area contributed by atoms with E-state index in [1.165, 1.54) is 12.1 Å². The lowest BCUT2D eigenvalue weighted by atomic mass is 10.1. The average molecular weight is 320 g/mol. The van der Waals surface area contributed by atoms with Crippen LogP contribution in [0.2, 0.25) is 5.15 Å². The maximum Gasteiger partial charge on any atom is 0.422 e. The first-order valence-electron chi connectivity index (χ1n) is 5.93. The average Bonchev–Trinajstić information content (AvgIpc) is 2.44. The molecule has 0 radical (unpaired) electrons. The summed E-state index contributed by atoms with van der Waals surface area (Å²) >= 11 is 5.44. The Morgan fingerprint density at radius 2 is 1.81 bits per heavy atom. The van der Waals surface area contributed by atoms with E-state index < -0.39 is 35.4 Å². The molecular formula is C14H10ClF4NO. The van der Waals surface area contributed by atoms with Crippen LogP contribution in [0, 0.1) is 0 Å². The van der Waals surface area contributed by atoms with Gasteiger partial charge in [0.2, 0.25) is 0 Å². The molecule has 2 rings (SSSR count). The molecule has 0 saturated heterocycles. The largest absolute Gasteiger partial charge is 0.489 e. The molecule has 0 aliphatic carbocycles. The third kappa shape index (κ3) is 3.85. The Morgan fingerprint density at radius 3 is 2.43 bits per heavy atom. The van der Waals surface area contributed by atoms with Gasteiger partial charge in [-0.2, -0.15) is 13.2 Å². The highest BCUT2D eigenvalue weighted by molar-refractivity contribution is 6.30. The number of aromatic nitrogens is 1. The summed E-state index contributed by atoms with van der Waals surface area (Å²) in [4.78, 5) is 3.36. The number of alkyl halides is 4. The van der Waals surface area contributed by atoms with Crippen molar-refractivity contribution in [2.75, 3.05) is 6.61 Å². The highest BCUT2D eigenvalue weighted by Crippen LogP contribution is 2.40. The van der Waals surface area contributed by atoms with E-state index in [9.17, 15) is 17.6 Å². The molecule has 1 aromatic carbocycles. The smallest absolute Gasteiger partial charge is 0.422 e. The van der Waals surface area contributed by atoms with E-state index in [-0.39, 0.29) is 0 Å². The van der Waals surface area contributed by atoms with Gasteiger partial charge in [-0.1, -0.05) is 41.9 Å². The van der Waals surface area contributed by atoms with Gasteiger partial charge in [-0.05, 0) is 11.6 Å². The van der Waals surface area contributed by atoms with Gasteiger partial charge in [0, 0.05) is 6.20 Å². The summed E-state index contributed by atoms with van der Waals surface area (Å²) in [5.74, 6) is -0.541. The van der Waals surface area contributed by atoms with Gasteiger partial charge in [-0.3, -0.25) is 0 Å². The van der Waals surface area contributed by atoms with Gasteiger partial charge < -0.3 is 4.74 Å². The minimum atomic E-state index is -4.72. The Morgan fingerprint density at radius 1 is 1.14 bits per heavy atom. The van der Waals surface area contributed by atoms with Crippen molar-refractivity contribution in [2.45, 2.75) is 12.3 Å². The molecule has 0 aliphatic heterocycles. The Labute approximate surface area is 123 Å². The summed E-state index contributed by atoms with van der Waals surface area (Å²) in [7, 11) is 0. The van der Waals surface area contributed by atoms with Crippen molar-refractivity contribution < 1.29 is 22.3 Å². The van der Waals surface area contributed by atoms with Gasteiger partial charge in [-0.25, -0.2) is 9.37 Å². The molecule has 0 amide bonds. The van der Waals surface area contributed by atoms with Gasteiger partial charge in [0.05, 0.1) is 0 Å². The van der Waals surface area contributed by atoms with Gasteiger partial charge in [0.15, 0.2) is 6.17 Å². The fourth-order valence-corrected chi connectivity index (χ4v) is 1.97. The van der Waals surface area contributed by atoms with Crippen LogP contribution >= 0.6 is 11.6 Å². The second kappa shape index (κ2) is 6.30. The molecule has 0 saturated carbocycles. The van der Waals surface area contributed by atoms with Crippen molar-refractivity contribution in [2.24, 2.45) is 0 Å². The predicted molar refractivity (Wildman–Crippen MR) is 70.0 cm³/mol. The van der Waals surface area contributed by atoms with Gasteiger partial charge >= 0.3 is 6.18 Å². The first-order valence-corrected chi connectivity index (χ1v) is 6.31. The maximum atomic E-state index is 13.9. The molecule has 2 nitrogen and oxygen atoms in total. The van der Waals surface area contributed by atoms with Crippen LogP contribution in [0.25, 0.3) is 0 Å². The van der Waals surface area contributed by atoms with E-state index in [0.717, 1.165) is 12.3 Å². The molecule has 0 bridgehead atoms. The number of rotatable bonds is 4. The molecule has 0 fully saturated rings. The maximum absolute atomic E-state index is 13.9. The van der Waals surface area contributed by atoms with Crippen LogP contribution < -0.4 is 4.74 Å². The summed E-state index contributed by atoms with van der Waals surface area (Å²) in [5, 5.41) is -0.727. The SMILES string of the molecule is FC(COc1ccnc(Cl)c1C(F)(F)F)c1ccccc1. The van der Waals surface area contributed by atoms with Gasteiger partial charge in [-0.15, -0.1) is 0 Å². The van der Waals surface area contributed by atoms with E-state index in [0.29, 0.717) is 5.56 Å². The van der Waals surface area contributed by atoms with Crippen LogP contribution in [-0.2, 0) is 6.18 Å². The number of halogens is 5. The summed E-state index contributed by atoms with van der Waals surface area (Å²) in [6.45, 7) is -0.548. The molecule has 1 aromatic heterocycles. The number of ether oxygens (including phenoxy) is 1. The lowest BCUT2D eigenvalue weighted by Gasteiger charge is -2.16. The Bertz CT molecular complexity index is 604. The summed E-state index contributed by atoms with van der Waals surface area (Å²) in [5.41, 5.74) is -0.877. The Kier molecular flexibility index (Phi) is 4.67. The highest BCUT2D eigenvalue weighted by Gasteiger charge is 2.38. The minimum Gasteiger partial charge on any atom is -0.489 e. The van der Waals surface area contributed by atoms with Gasteiger partial charge in [0.1, 0.15) is 23.1 Å². The zero-order valence-electron chi connectivity index (χ0n) is 10.6. The molecule has 0 N–H and O–H groups in total. The van der Waals surface area contributed by atoms with Crippen LogP contribution in [-0.4, -0.2) is 11.6 Å². The second-order valence-corrected chi connectivity index (χ2v) is 4.52. The van der Waals surface area contributed by atoms with Crippen molar-refractivity contribution in [3.63, 3.8) is 0 Å². The van der Waals surface area contributed by atoms with Gasteiger partial charge in [0.25, 0.3) is 0 Å². The van der Waals surface area contributed by atoms with Crippen LogP contribution in [0.5, 0.6) is 5.75 Å². The molecule has 21 heavy (non-hydrogen) atoms. The van der Waals surface area contributed by atoms with Crippen molar-refractivity contribution in [3.8, 4) is 5.75 Å². The van der Waals surface area contributed by atoms with E-state index >= 15 is 0 Å². The van der Waals surface area contributed by atoms with Crippen molar-refractivity contribution in [3.05, 3.63) is 58.9 Å². The molecular weight excluding hydrogens is 310 g/mol. The quantitative estimate of drug-likeness (QED) is 0.594.